The molecule has 1 fully saturated rings. The van der Waals surface area contributed by atoms with E-state index in [2.05, 4.69) is 21.0 Å². The average Bonchev–Trinajstić information content (AvgIpc) is 2.54. The summed E-state index contributed by atoms with van der Waals surface area (Å²) in [4.78, 5) is 10.4. The van der Waals surface area contributed by atoms with Gasteiger partial charge in [0.25, 0.3) is 0 Å². The SMILES string of the molecule is Cc1c([N+](=O)[O-])c(Br)nn1C1COCC(O)C1. The van der Waals surface area contributed by atoms with Crippen molar-refractivity contribution in [2.45, 2.75) is 25.5 Å². The zero-order valence-corrected chi connectivity index (χ0v) is 10.8. The molecule has 0 aliphatic carbocycles. The van der Waals surface area contributed by atoms with E-state index in [-0.39, 0.29) is 16.3 Å². The fraction of sp³-hybridized carbons (Fsp3) is 0.667. The van der Waals surface area contributed by atoms with Gasteiger partial charge in [-0.2, -0.15) is 5.10 Å². The first kappa shape index (κ1) is 12.5. The number of hydrogen-bond acceptors (Lipinski definition) is 5. The van der Waals surface area contributed by atoms with Crippen molar-refractivity contribution >= 4 is 21.6 Å². The largest absolute Gasteiger partial charge is 0.391 e. The van der Waals surface area contributed by atoms with Crippen LogP contribution in [0.1, 0.15) is 18.2 Å². The second kappa shape index (κ2) is 4.71. The fourth-order valence-corrected chi connectivity index (χ4v) is 2.60. The maximum Gasteiger partial charge on any atom is 0.324 e. The van der Waals surface area contributed by atoms with Crippen LogP contribution in [0.5, 0.6) is 0 Å². The highest BCUT2D eigenvalue weighted by Crippen LogP contribution is 2.31. The summed E-state index contributed by atoms with van der Waals surface area (Å²) in [6.07, 6.45) is -0.0540. The zero-order valence-electron chi connectivity index (χ0n) is 9.17. The van der Waals surface area contributed by atoms with E-state index in [1.165, 1.54) is 0 Å². The first-order valence-electron chi connectivity index (χ1n) is 5.15. The predicted octanol–water partition coefficient (Wildman–Crippen LogP) is 1.18. The third-order valence-electron chi connectivity index (χ3n) is 2.77. The summed E-state index contributed by atoms with van der Waals surface area (Å²) in [6, 6.07) is -0.163. The van der Waals surface area contributed by atoms with Crippen LogP contribution < -0.4 is 0 Å². The second-order valence-electron chi connectivity index (χ2n) is 4.01. The van der Waals surface area contributed by atoms with E-state index in [0.29, 0.717) is 25.3 Å². The molecule has 1 aromatic rings. The molecule has 7 nitrogen and oxygen atoms in total. The van der Waals surface area contributed by atoms with Crippen molar-refractivity contribution < 1.29 is 14.8 Å². The predicted molar refractivity (Wildman–Crippen MR) is 61.8 cm³/mol. The molecule has 0 bridgehead atoms. The first-order chi connectivity index (χ1) is 8.00. The maximum atomic E-state index is 10.8. The standard InChI is InChI=1S/C9H12BrN3O4/c1-5-8(13(15)16)9(10)11-12(5)6-2-7(14)4-17-3-6/h6-7,14H,2-4H2,1H3. The molecule has 1 aromatic heterocycles. The highest BCUT2D eigenvalue weighted by atomic mass is 79.9. The molecule has 1 aliphatic rings. The molecular formula is C9H12BrN3O4. The third kappa shape index (κ3) is 2.33. The van der Waals surface area contributed by atoms with Gasteiger partial charge in [-0.25, -0.2) is 0 Å². The van der Waals surface area contributed by atoms with Crippen LogP contribution in [-0.2, 0) is 4.74 Å². The van der Waals surface area contributed by atoms with Crippen molar-refractivity contribution in [2.75, 3.05) is 13.2 Å². The lowest BCUT2D eigenvalue weighted by Gasteiger charge is -2.26. The zero-order chi connectivity index (χ0) is 12.6. The van der Waals surface area contributed by atoms with E-state index < -0.39 is 11.0 Å². The summed E-state index contributed by atoms with van der Waals surface area (Å²) in [7, 11) is 0. The number of aromatic nitrogens is 2. The first-order valence-corrected chi connectivity index (χ1v) is 5.94. The van der Waals surface area contributed by atoms with Crippen molar-refractivity contribution in [1.82, 2.24) is 9.78 Å². The van der Waals surface area contributed by atoms with Gasteiger partial charge in [-0.1, -0.05) is 0 Å². The normalized spacial score (nSPS) is 24.9. The minimum atomic E-state index is -0.546. The number of nitro groups is 1. The van der Waals surface area contributed by atoms with Crippen LogP contribution in [0.2, 0.25) is 0 Å². The van der Waals surface area contributed by atoms with Gasteiger partial charge in [-0.15, -0.1) is 0 Å². The van der Waals surface area contributed by atoms with Gasteiger partial charge in [0.15, 0.2) is 0 Å². The molecular weight excluding hydrogens is 294 g/mol. The summed E-state index contributed by atoms with van der Waals surface area (Å²) >= 11 is 3.07. The lowest BCUT2D eigenvalue weighted by Crippen LogP contribution is -2.32. The Hall–Kier alpha value is -0.990. The van der Waals surface area contributed by atoms with Crippen molar-refractivity contribution in [3.8, 4) is 0 Å². The van der Waals surface area contributed by atoms with Crippen LogP contribution in [0.25, 0.3) is 0 Å². The lowest BCUT2D eigenvalue weighted by atomic mass is 10.1. The number of ether oxygens (including phenoxy) is 1. The minimum Gasteiger partial charge on any atom is -0.391 e. The smallest absolute Gasteiger partial charge is 0.324 e. The van der Waals surface area contributed by atoms with E-state index in [1.54, 1.807) is 11.6 Å². The summed E-state index contributed by atoms with van der Waals surface area (Å²) in [5.74, 6) is 0. The molecule has 2 atom stereocenters. The van der Waals surface area contributed by atoms with Crippen LogP contribution >= 0.6 is 15.9 Å². The Morgan fingerprint density at radius 3 is 2.88 bits per heavy atom. The van der Waals surface area contributed by atoms with Crippen molar-refractivity contribution in [3.63, 3.8) is 0 Å². The molecule has 94 valence electrons. The lowest BCUT2D eigenvalue weighted by molar-refractivity contribution is -0.386. The molecule has 17 heavy (non-hydrogen) atoms. The van der Waals surface area contributed by atoms with Crippen LogP contribution in [0.4, 0.5) is 5.69 Å². The molecule has 1 aliphatic heterocycles. The Morgan fingerprint density at radius 2 is 2.35 bits per heavy atom. The molecule has 1 saturated heterocycles. The molecule has 0 radical (unpaired) electrons. The maximum absolute atomic E-state index is 10.8. The average molecular weight is 306 g/mol. The Labute approximate surface area is 106 Å². The van der Waals surface area contributed by atoms with E-state index in [9.17, 15) is 15.2 Å². The van der Waals surface area contributed by atoms with Gasteiger partial charge >= 0.3 is 5.69 Å². The van der Waals surface area contributed by atoms with Crippen molar-refractivity contribution in [2.24, 2.45) is 0 Å². The van der Waals surface area contributed by atoms with Gasteiger partial charge in [-0.05, 0) is 22.9 Å². The Bertz CT molecular complexity index is 448. The highest BCUT2D eigenvalue weighted by Gasteiger charge is 2.30. The Balaban J connectivity index is 2.33. The number of aliphatic hydroxyl groups excluding tert-OH is 1. The van der Waals surface area contributed by atoms with Gasteiger partial charge in [0.1, 0.15) is 5.69 Å². The molecule has 0 saturated carbocycles. The quantitative estimate of drug-likeness (QED) is 0.654. The summed E-state index contributed by atoms with van der Waals surface area (Å²) in [5, 5.41) is 24.4. The van der Waals surface area contributed by atoms with Gasteiger partial charge in [0.2, 0.25) is 4.60 Å². The van der Waals surface area contributed by atoms with Gasteiger partial charge in [0, 0.05) is 6.42 Å². The number of rotatable bonds is 2. The number of nitrogens with zero attached hydrogens (tertiary/aromatic N) is 3. The summed E-state index contributed by atoms with van der Waals surface area (Å²) in [5.41, 5.74) is 0.426. The molecule has 2 unspecified atom stereocenters. The molecule has 1 N–H and O–H groups in total. The van der Waals surface area contributed by atoms with Gasteiger partial charge in [0.05, 0.1) is 30.3 Å². The fourth-order valence-electron chi connectivity index (χ4n) is 2.00. The molecule has 2 heterocycles. The summed E-state index contributed by atoms with van der Waals surface area (Å²) < 4.78 is 6.97. The van der Waals surface area contributed by atoms with Crippen LogP contribution in [0, 0.1) is 17.0 Å². The van der Waals surface area contributed by atoms with Gasteiger partial charge < -0.3 is 9.84 Å². The van der Waals surface area contributed by atoms with Crippen molar-refractivity contribution in [3.05, 3.63) is 20.4 Å². The third-order valence-corrected chi connectivity index (χ3v) is 3.30. The topological polar surface area (TPSA) is 90.4 Å². The Kier molecular flexibility index (Phi) is 3.45. The number of halogens is 1. The molecule has 0 aromatic carbocycles. The molecule has 8 heteroatoms. The van der Waals surface area contributed by atoms with Crippen LogP contribution in [0.3, 0.4) is 0 Å². The molecule has 0 amide bonds. The van der Waals surface area contributed by atoms with Crippen LogP contribution in [0.15, 0.2) is 4.60 Å². The molecule has 0 spiro atoms. The monoisotopic (exact) mass is 305 g/mol. The Morgan fingerprint density at radius 1 is 1.65 bits per heavy atom. The van der Waals surface area contributed by atoms with E-state index in [1.807, 2.05) is 0 Å². The van der Waals surface area contributed by atoms with Crippen LogP contribution in [-0.4, -0.2) is 39.1 Å². The minimum absolute atomic E-state index is 0.0370. The second-order valence-corrected chi connectivity index (χ2v) is 4.76. The van der Waals surface area contributed by atoms with E-state index >= 15 is 0 Å². The number of hydrogen-bond donors (Lipinski definition) is 1. The highest BCUT2D eigenvalue weighted by molar-refractivity contribution is 9.10. The molecule has 2 rings (SSSR count). The van der Waals surface area contributed by atoms with Crippen molar-refractivity contribution in [1.29, 1.82) is 0 Å². The van der Waals surface area contributed by atoms with E-state index in [0.717, 1.165) is 0 Å². The van der Waals surface area contributed by atoms with Gasteiger partial charge in [-0.3, -0.25) is 14.8 Å². The number of aliphatic hydroxyl groups is 1. The summed E-state index contributed by atoms with van der Waals surface area (Å²) in [6.45, 7) is 2.35. The van der Waals surface area contributed by atoms with E-state index in [4.69, 9.17) is 4.74 Å².